The fourth-order valence-electron chi connectivity index (χ4n) is 3.52. The highest BCUT2D eigenvalue weighted by atomic mass is 16.2. The van der Waals surface area contributed by atoms with Crippen LogP contribution in [0.4, 0.5) is 0 Å². The molecule has 1 aromatic heterocycles. The summed E-state index contributed by atoms with van der Waals surface area (Å²) in [5, 5.41) is 3.07. The normalized spacial score (nSPS) is 20.0. The monoisotopic (exact) mass is 337 g/mol. The molecule has 2 atom stereocenters. The second kappa shape index (κ2) is 7.47. The summed E-state index contributed by atoms with van der Waals surface area (Å²) in [6.07, 6.45) is 4.98. The molecule has 1 aliphatic carbocycles. The Morgan fingerprint density at radius 3 is 2.72 bits per heavy atom. The van der Waals surface area contributed by atoms with Crippen LogP contribution < -0.4 is 11.1 Å². The molecule has 2 amide bonds. The predicted molar refractivity (Wildman–Crippen MR) is 96.8 cm³/mol. The molecule has 0 spiro atoms. The van der Waals surface area contributed by atoms with Crippen molar-refractivity contribution in [2.75, 3.05) is 0 Å². The summed E-state index contributed by atoms with van der Waals surface area (Å²) < 4.78 is 0. The maximum absolute atomic E-state index is 12.7. The number of carbonyl (C=O) groups excluding carboxylic acids is 2. The van der Waals surface area contributed by atoms with Crippen molar-refractivity contribution in [3.8, 4) is 11.3 Å². The van der Waals surface area contributed by atoms with Gasteiger partial charge in [0.15, 0.2) is 0 Å². The molecule has 0 unspecified atom stereocenters. The molecule has 2 aromatic rings. The predicted octanol–water partition coefficient (Wildman–Crippen LogP) is 2.83. The van der Waals surface area contributed by atoms with E-state index in [0.717, 1.165) is 36.1 Å². The number of pyridine rings is 1. The summed E-state index contributed by atoms with van der Waals surface area (Å²) in [5.41, 5.74) is 8.77. The molecule has 0 aliphatic heterocycles. The van der Waals surface area contributed by atoms with Gasteiger partial charge in [-0.05, 0) is 49.9 Å². The Hall–Kier alpha value is -2.69. The van der Waals surface area contributed by atoms with Gasteiger partial charge in [-0.25, -0.2) is 0 Å². The summed E-state index contributed by atoms with van der Waals surface area (Å²) >= 11 is 0. The number of nitrogens with zero attached hydrogens (tertiary/aromatic N) is 1. The van der Waals surface area contributed by atoms with Crippen LogP contribution >= 0.6 is 0 Å². The van der Waals surface area contributed by atoms with Crippen LogP contribution in [0.5, 0.6) is 0 Å². The highest BCUT2D eigenvalue weighted by Crippen LogP contribution is 2.26. The molecule has 0 bridgehead atoms. The standard InChI is InChI=1S/C20H23N3O2/c1-13-16(18-10-2-3-11-22-18)8-5-9-17(13)20(25)23-15-7-4-6-14(12-15)19(21)24/h2-3,5,8-11,14-15H,4,6-7,12H2,1H3,(H2,21,24)(H,23,25)/t14-,15-/m1/s1. The summed E-state index contributed by atoms with van der Waals surface area (Å²) in [6, 6.07) is 11.4. The molecule has 5 heteroatoms. The number of rotatable bonds is 4. The number of benzene rings is 1. The number of aromatic nitrogens is 1. The van der Waals surface area contributed by atoms with Crippen molar-refractivity contribution in [1.82, 2.24) is 10.3 Å². The zero-order chi connectivity index (χ0) is 17.8. The Morgan fingerprint density at radius 1 is 1.16 bits per heavy atom. The van der Waals surface area contributed by atoms with E-state index in [1.54, 1.807) is 6.20 Å². The average Bonchev–Trinajstić information content (AvgIpc) is 2.62. The molecule has 1 saturated carbocycles. The highest BCUT2D eigenvalue weighted by molar-refractivity contribution is 5.97. The first-order chi connectivity index (χ1) is 12.1. The molecule has 3 N–H and O–H groups in total. The van der Waals surface area contributed by atoms with Crippen LogP contribution in [0, 0.1) is 12.8 Å². The van der Waals surface area contributed by atoms with Crippen molar-refractivity contribution in [3.63, 3.8) is 0 Å². The first kappa shape index (κ1) is 17.1. The minimum Gasteiger partial charge on any atom is -0.369 e. The van der Waals surface area contributed by atoms with E-state index in [-0.39, 0.29) is 23.8 Å². The number of amides is 2. The van der Waals surface area contributed by atoms with Gasteiger partial charge in [-0.3, -0.25) is 14.6 Å². The van der Waals surface area contributed by atoms with E-state index in [4.69, 9.17) is 5.73 Å². The van der Waals surface area contributed by atoms with Gasteiger partial charge in [0.25, 0.3) is 5.91 Å². The number of primary amides is 1. The Labute approximate surface area is 147 Å². The molecule has 0 saturated heterocycles. The maximum Gasteiger partial charge on any atom is 0.251 e. The fraction of sp³-hybridized carbons (Fsp3) is 0.350. The fourth-order valence-corrected chi connectivity index (χ4v) is 3.52. The molecule has 130 valence electrons. The van der Waals surface area contributed by atoms with Gasteiger partial charge in [-0.1, -0.05) is 24.6 Å². The summed E-state index contributed by atoms with van der Waals surface area (Å²) in [5.74, 6) is -0.516. The van der Waals surface area contributed by atoms with Crippen LogP contribution in [0.3, 0.4) is 0 Å². The van der Waals surface area contributed by atoms with E-state index in [9.17, 15) is 9.59 Å². The van der Waals surface area contributed by atoms with E-state index < -0.39 is 0 Å². The number of hydrogen-bond acceptors (Lipinski definition) is 3. The van der Waals surface area contributed by atoms with Crippen molar-refractivity contribution < 1.29 is 9.59 Å². The lowest BCUT2D eigenvalue weighted by molar-refractivity contribution is -0.122. The van der Waals surface area contributed by atoms with Crippen molar-refractivity contribution in [2.24, 2.45) is 11.7 Å². The number of nitrogens with two attached hydrogens (primary N) is 1. The van der Waals surface area contributed by atoms with Gasteiger partial charge >= 0.3 is 0 Å². The number of carbonyl (C=O) groups is 2. The Balaban J connectivity index is 1.78. The van der Waals surface area contributed by atoms with Gasteiger partial charge in [0.05, 0.1) is 5.69 Å². The van der Waals surface area contributed by atoms with Gasteiger partial charge in [0.1, 0.15) is 0 Å². The second-order valence-electron chi connectivity index (χ2n) is 6.63. The smallest absolute Gasteiger partial charge is 0.251 e. The van der Waals surface area contributed by atoms with Crippen LogP contribution in [0.15, 0.2) is 42.6 Å². The second-order valence-corrected chi connectivity index (χ2v) is 6.63. The third-order valence-corrected chi connectivity index (χ3v) is 4.93. The zero-order valence-corrected chi connectivity index (χ0v) is 14.4. The van der Waals surface area contributed by atoms with Crippen LogP contribution in [0.2, 0.25) is 0 Å². The van der Waals surface area contributed by atoms with Gasteiger partial charge in [-0.2, -0.15) is 0 Å². The Kier molecular flexibility index (Phi) is 5.12. The lowest BCUT2D eigenvalue weighted by atomic mass is 9.85. The van der Waals surface area contributed by atoms with E-state index in [1.807, 2.05) is 43.3 Å². The first-order valence-corrected chi connectivity index (χ1v) is 8.67. The van der Waals surface area contributed by atoms with E-state index in [2.05, 4.69) is 10.3 Å². The molecule has 0 radical (unpaired) electrons. The minimum atomic E-state index is -0.271. The molecule has 25 heavy (non-hydrogen) atoms. The largest absolute Gasteiger partial charge is 0.369 e. The van der Waals surface area contributed by atoms with Crippen LogP contribution in [0.1, 0.15) is 41.6 Å². The molecule has 1 aromatic carbocycles. The molecular formula is C20H23N3O2. The summed E-state index contributed by atoms with van der Waals surface area (Å²) in [7, 11) is 0. The van der Waals surface area contributed by atoms with Crippen molar-refractivity contribution in [2.45, 2.75) is 38.6 Å². The molecular weight excluding hydrogens is 314 g/mol. The third-order valence-electron chi connectivity index (χ3n) is 4.93. The highest BCUT2D eigenvalue weighted by Gasteiger charge is 2.27. The van der Waals surface area contributed by atoms with E-state index >= 15 is 0 Å². The van der Waals surface area contributed by atoms with Crippen LogP contribution in [-0.4, -0.2) is 22.8 Å². The summed E-state index contributed by atoms with van der Waals surface area (Å²) in [4.78, 5) is 28.5. The van der Waals surface area contributed by atoms with Crippen molar-refractivity contribution in [3.05, 3.63) is 53.7 Å². The maximum atomic E-state index is 12.7. The van der Waals surface area contributed by atoms with E-state index in [1.165, 1.54) is 0 Å². The number of nitrogens with one attached hydrogen (secondary N) is 1. The average molecular weight is 337 g/mol. The minimum absolute atomic E-state index is 0.00310. The Bertz CT molecular complexity index is 774. The molecule has 1 heterocycles. The SMILES string of the molecule is Cc1c(C(=O)N[C@@H]2CCC[C@@H](C(N)=O)C2)cccc1-c1ccccn1. The van der Waals surface area contributed by atoms with E-state index in [0.29, 0.717) is 12.0 Å². The van der Waals surface area contributed by atoms with Crippen LogP contribution in [-0.2, 0) is 4.79 Å². The third kappa shape index (κ3) is 3.87. The number of hydrogen-bond donors (Lipinski definition) is 2. The Morgan fingerprint density at radius 2 is 2.00 bits per heavy atom. The van der Waals surface area contributed by atoms with Gasteiger partial charge in [0.2, 0.25) is 5.91 Å². The van der Waals surface area contributed by atoms with Gasteiger partial charge < -0.3 is 11.1 Å². The molecule has 5 nitrogen and oxygen atoms in total. The lowest BCUT2D eigenvalue weighted by Gasteiger charge is -2.28. The zero-order valence-electron chi connectivity index (χ0n) is 14.4. The van der Waals surface area contributed by atoms with Crippen molar-refractivity contribution in [1.29, 1.82) is 0 Å². The summed E-state index contributed by atoms with van der Waals surface area (Å²) in [6.45, 7) is 1.94. The molecule has 3 rings (SSSR count). The van der Waals surface area contributed by atoms with Gasteiger partial charge in [-0.15, -0.1) is 0 Å². The molecule has 1 aliphatic rings. The quantitative estimate of drug-likeness (QED) is 0.899. The first-order valence-electron chi connectivity index (χ1n) is 8.67. The van der Waals surface area contributed by atoms with Crippen LogP contribution in [0.25, 0.3) is 11.3 Å². The topological polar surface area (TPSA) is 85.1 Å². The lowest BCUT2D eigenvalue weighted by Crippen LogP contribution is -2.41. The van der Waals surface area contributed by atoms with Gasteiger partial charge in [0, 0.05) is 29.3 Å². The molecule has 1 fully saturated rings. The van der Waals surface area contributed by atoms with Crippen molar-refractivity contribution >= 4 is 11.8 Å².